The molecule has 2 rings (SSSR count). The highest BCUT2D eigenvalue weighted by molar-refractivity contribution is 9.10. The van der Waals surface area contributed by atoms with Crippen molar-refractivity contribution in [3.63, 3.8) is 0 Å². The third kappa shape index (κ3) is 3.20. The Morgan fingerprint density at radius 1 is 1.62 bits per heavy atom. The number of thioether (sulfide) groups is 1. The first-order valence-corrected chi connectivity index (χ1v) is 7.31. The van der Waals surface area contributed by atoms with E-state index in [4.69, 9.17) is 5.84 Å². The molecule has 2 atom stereocenters. The van der Waals surface area contributed by atoms with Crippen molar-refractivity contribution in [1.82, 2.24) is 10.4 Å². The minimum atomic E-state index is 0.351. The van der Waals surface area contributed by atoms with Crippen LogP contribution in [0.15, 0.2) is 22.9 Å². The van der Waals surface area contributed by atoms with Crippen LogP contribution in [-0.4, -0.2) is 22.0 Å². The van der Waals surface area contributed by atoms with Crippen molar-refractivity contribution in [1.29, 1.82) is 0 Å². The Labute approximate surface area is 109 Å². The van der Waals surface area contributed by atoms with Crippen LogP contribution < -0.4 is 11.3 Å². The Morgan fingerprint density at radius 2 is 2.50 bits per heavy atom. The number of pyridine rings is 1. The molecule has 2 unspecified atom stereocenters. The van der Waals surface area contributed by atoms with Crippen molar-refractivity contribution in [2.75, 3.05) is 5.75 Å². The van der Waals surface area contributed by atoms with Crippen molar-refractivity contribution < 1.29 is 0 Å². The van der Waals surface area contributed by atoms with Crippen LogP contribution in [0.25, 0.3) is 0 Å². The fourth-order valence-electron chi connectivity index (χ4n) is 2.04. The highest BCUT2D eigenvalue weighted by Crippen LogP contribution is 2.29. The molecule has 0 spiro atoms. The summed E-state index contributed by atoms with van der Waals surface area (Å²) in [5.41, 5.74) is 4.17. The number of nitrogens with two attached hydrogens (primary N) is 1. The SMILES string of the molecule is NNC(Cc1cncc(Br)c1)C1CCCS1. The van der Waals surface area contributed by atoms with Gasteiger partial charge >= 0.3 is 0 Å². The number of nitrogens with one attached hydrogen (secondary N) is 1. The highest BCUT2D eigenvalue weighted by Gasteiger charge is 2.24. The minimum Gasteiger partial charge on any atom is -0.271 e. The fourth-order valence-corrected chi connectivity index (χ4v) is 3.83. The number of hydrogen-bond acceptors (Lipinski definition) is 4. The van der Waals surface area contributed by atoms with Gasteiger partial charge in [-0.2, -0.15) is 11.8 Å². The van der Waals surface area contributed by atoms with E-state index in [1.54, 1.807) is 6.20 Å². The average Bonchev–Trinajstić information content (AvgIpc) is 2.79. The van der Waals surface area contributed by atoms with Crippen LogP contribution in [0.4, 0.5) is 0 Å². The topological polar surface area (TPSA) is 50.9 Å². The number of nitrogens with zero attached hydrogens (tertiary/aromatic N) is 1. The Hall–Kier alpha value is -0.100. The number of halogens is 1. The lowest BCUT2D eigenvalue weighted by Gasteiger charge is -2.21. The summed E-state index contributed by atoms with van der Waals surface area (Å²) in [6.07, 6.45) is 7.24. The van der Waals surface area contributed by atoms with E-state index in [-0.39, 0.29) is 0 Å². The zero-order valence-corrected chi connectivity index (χ0v) is 11.4. The zero-order valence-electron chi connectivity index (χ0n) is 9.03. The van der Waals surface area contributed by atoms with Crippen molar-refractivity contribution in [2.45, 2.75) is 30.6 Å². The van der Waals surface area contributed by atoms with Gasteiger partial charge in [-0.05, 0) is 52.6 Å². The third-order valence-electron chi connectivity index (χ3n) is 2.84. The zero-order chi connectivity index (χ0) is 11.4. The molecule has 1 aliphatic rings. The van der Waals surface area contributed by atoms with Gasteiger partial charge in [0.25, 0.3) is 0 Å². The molecule has 0 saturated carbocycles. The van der Waals surface area contributed by atoms with E-state index in [9.17, 15) is 0 Å². The summed E-state index contributed by atoms with van der Waals surface area (Å²) in [5, 5.41) is 0.643. The summed E-state index contributed by atoms with van der Waals surface area (Å²) in [4.78, 5) is 4.18. The van der Waals surface area contributed by atoms with Gasteiger partial charge in [0, 0.05) is 28.2 Å². The molecule has 0 radical (unpaired) electrons. The lowest BCUT2D eigenvalue weighted by molar-refractivity contribution is 0.495. The molecule has 1 aromatic heterocycles. The van der Waals surface area contributed by atoms with Gasteiger partial charge in [0.2, 0.25) is 0 Å². The molecule has 88 valence electrons. The average molecular weight is 302 g/mol. The lowest BCUT2D eigenvalue weighted by atomic mass is 10.0. The van der Waals surface area contributed by atoms with Crippen LogP contribution >= 0.6 is 27.7 Å². The summed E-state index contributed by atoms with van der Waals surface area (Å²) in [6.45, 7) is 0. The lowest BCUT2D eigenvalue weighted by Crippen LogP contribution is -2.43. The van der Waals surface area contributed by atoms with E-state index in [0.717, 1.165) is 10.9 Å². The summed E-state index contributed by atoms with van der Waals surface area (Å²) in [6, 6.07) is 2.46. The van der Waals surface area contributed by atoms with Crippen LogP contribution in [0, 0.1) is 0 Å². The maximum atomic E-state index is 5.64. The molecule has 2 heterocycles. The molecule has 0 aromatic carbocycles. The first kappa shape index (κ1) is 12.4. The van der Waals surface area contributed by atoms with E-state index < -0.39 is 0 Å². The van der Waals surface area contributed by atoms with Gasteiger partial charge < -0.3 is 0 Å². The molecule has 0 amide bonds. The molecule has 1 aliphatic heterocycles. The second-order valence-corrected chi connectivity index (χ2v) is 6.30. The van der Waals surface area contributed by atoms with Crippen molar-refractivity contribution in [3.05, 3.63) is 28.5 Å². The molecule has 3 N–H and O–H groups in total. The van der Waals surface area contributed by atoms with Gasteiger partial charge in [0.15, 0.2) is 0 Å². The first-order chi connectivity index (χ1) is 7.79. The largest absolute Gasteiger partial charge is 0.271 e. The Morgan fingerprint density at radius 3 is 3.12 bits per heavy atom. The van der Waals surface area contributed by atoms with Crippen LogP contribution in [0.3, 0.4) is 0 Å². The summed E-state index contributed by atoms with van der Waals surface area (Å²) in [5.74, 6) is 6.91. The molecular weight excluding hydrogens is 286 g/mol. The van der Waals surface area contributed by atoms with Crippen molar-refractivity contribution in [2.24, 2.45) is 5.84 Å². The van der Waals surface area contributed by atoms with E-state index in [1.807, 2.05) is 18.0 Å². The fraction of sp³-hybridized carbons (Fsp3) is 0.545. The Kier molecular flexibility index (Phi) is 4.64. The second kappa shape index (κ2) is 6.00. The van der Waals surface area contributed by atoms with Gasteiger partial charge in [-0.3, -0.25) is 16.3 Å². The molecule has 1 saturated heterocycles. The number of aromatic nitrogens is 1. The monoisotopic (exact) mass is 301 g/mol. The summed E-state index contributed by atoms with van der Waals surface area (Å²) >= 11 is 5.46. The number of hydrazine groups is 1. The minimum absolute atomic E-state index is 0.351. The van der Waals surface area contributed by atoms with Gasteiger partial charge in [-0.25, -0.2) is 0 Å². The van der Waals surface area contributed by atoms with Gasteiger partial charge in [0.1, 0.15) is 0 Å². The molecule has 1 fully saturated rings. The Bertz CT molecular complexity index is 342. The third-order valence-corrected chi connectivity index (χ3v) is 4.80. The van der Waals surface area contributed by atoms with E-state index >= 15 is 0 Å². The van der Waals surface area contributed by atoms with Gasteiger partial charge in [-0.1, -0.05) is 0 Å². The van der Waals surface area contributed by atoms with Crippen LogP contribution in [0.5, 0.6) is 0 Å². The standard InChI is InChI=1S/C11H16BrN3S/c12-9-4-8(6-14-7-9)5-10(15-13)11-2-1-3-16-11/h4,6-7,10-11,15H,1-3,5,13H2. The number of hydrogen-bond donors (Lipinski definition) is 2. The van der Waals surface area contributed by atoms with E-state index in [1.165, 1.54) is 24.2 Å². The molecule has 1 aromatic rings. The quantitative estimate of drug-likeness (QED) is 0.661. The van der Waals surface area contributed by atoms with Gasteiger partial charge in [-0.15, -0.1) is 0 Å². The molecule has 16 heavy (non-hydrogen) atoms. The summed E-state index contributed by atoms with van der Waals surface area (Å²) in [7, 11) is 0. The smallest absolute Gasteiger partial charge is 0.0410 e. The van der Waals surface area contributed by atoms with Crippen LogP contribution in [0.1, 0.15) is 18.4 Å². The highest BCUT2D eigenvalue weighted by atomic mass is 79.9. The van der Waals surface area contributed by atoms with Gasteiger partial charge in [0.05, 0.1) is 0 Å². The predicted molar refractivity (Wildman–Crippen MR) is 72.2 cm³/mol. The normalized spacial score (nSPS) is 22.2. The Balaban J connectivity index is 2.00. The summed E-state index contributed by atoms with van der Waals surface area (Å²) < 4.78 is 1.03. The van der Waals surface area contributed by atoms with E-state index in [2.05, 4.69) is 32.4 Å². The van der Waals surface area contributed by atoms with Crippen molar-refractivity contribution >= 4 is 27.7 Å². The van der Waals surface area contributed by atoms with Crippen LogP contribution in [0.2, 0.25) is 0 Å². The van der Waals surface area contributed by atoms with E-state index in [0.29, 0.717) is 11.3 Å². The molecular formula is C11H16BrN3S. The second-order valence-electron chi connectivity index (χ2n) is 4.04. The van der Waals surface area contributed by atoms with Crippen LogP contribution in [-0.2, 0) is 6.42 Å². The molecule has 3 nitrogen and oxygen atoms in total. The molecule has 0 bridgehead atoms. The van der Waals surface area contributed by atoms with Crippen molar-refractivity contribution in [3.8, 4) is 0 Å². The molecule has 0 aliphatic carbocycles. The maximum Gasteiger partial charge on any atom is 0.0410 e. The maximum absolute atomic E-state index is 5.64. The number of rotatable bonds is 4. The first-order valence-electron chi connectivity index (χ1n) is 5.47. The predicted octanol–water partition coefficient (Wildman–Crippen LogP) is 2.11. The molecule has 5 heteroatoms.